The van der Waals surface area contributed by atoms with Gasteiger partial charge in [0.1, 0.15) is 0 Å². The maximum atomic E-state index is 11.9. The molecule has 17 heavy (non-hydrogen) atoms. The number of aryl methyl sites for hydroxylation is 2. The highest BCUT2D eigenvalue weighted by molar-refractivity contribution is 9.10. The highest BCUT2D eigenvalue weighted by Gasteiger charge is 2.12. The maximum Gasteiger partial charge on any atom is 0.291 e. The van der Waals surface area contributed by atoms with Gasteiger partial charge in [-0.25, -0.2) is 0 Å². The van der Waals surface area contributed by atoms with Gasteiger partial charge in [0.05, 0.1) is 6.26 Å². The van der Waals surface area contributed by atoms with Crippen LogP contribution >= 0.6 is 15.9 Å². The third kappa shape index (κ3) is 2.77. The van der Waals surface area contributed by atoms with E-state index in [9.17, 15) is 4.79 Å². The van der Waals surface area contributed by atoms with Crippen molar-refractivity contribution in [3.8, 4) is 0 Å². The van der Waals surface area contributed by atoms with Crippen molar-refractivity contribution in [1.82, 2.24) is 0 Å². The zero-order chi connectivity index (χ0) is 12.4. The molecule has 1 heterocycles. The first kappa shape index (κ1) is 11.9. The number of carbonyl (C=O) groups excluding carboxylic acids is 1. The maximum absolute atomic E-state index is 11.9. The minimum atomic E-state index is -0.231. The number of rotatable bonds is 2. The van der Waals surface area contributed by atoms with Crippen LogP contribution in [0.25, 0.3) is 0 Å². The van der Waals surface area contributed by atoms with Crippen LogP contribution in [0.5, 0.6) is 0 Å². The molecule has 2 rings (SSSR count). The van der Waals surface area contributed by atoms with Crippen molar-refractivity contribution < 1.29 is 9.21 Å². The molecule has 0 fully saturated rings. The molecule has 0 saturated heterocycles. The standard InChI is InChI=1S/C13H12BrNO2/c1-8-5-10(14)7-11(6-8)15-13(16)12-9(2)3-4-17-12/h3-7H,1-2H3,(H,15,16). The fourth-order valence-electron chi connectivity index (χ4n) is 1.60. The minimum absolute atomic E-state index is 0.231. The summed E-state index contributed by atoms with van der Waals surface area (Å²) < 4.78 is 6.07. The van der Waals surface area contributed by atoms with Crippen molar-refractivity contribution in [2.75, 3.05) is 5.32 Å². The Kier molecular flexibility index (Phi) is 3.33. The molecule has 0 unspecified atom stereocenters. The summed E-state index contributed by atoms with van der Waals surface area (Å²) in [6, 6.07) is 7.50. The Hall–Kier alpha value is -1.55. The molecule has 1 aromatic heterocycles. The Morgan fingerprint density at radius 1 is 1.29 bits per heavy atom. The Labute approximate surface area is 108 Å². The average molecular weight is 294 g/mol. The molecular weight excluding hydrogens is 282 g/mol. The number of halogens is 1. The summed E-state index contributed by atoms with van der Waals surface area (Å²) in [6.07, 6.45) is 1.51. The second-order valence-electron chi connectivity index (χ2n) is 3.90. The Bertz CT molecular complexity index is 540. The van der Waals surface area contributed by atoms with Crippen LogP contribution in [-0.2, 0) is 0 Å². The van der Waals surface area contributed by atoms with Crippen LogP contribution in [0.15, 0.2) is 39.4 Å². The van der Waals surface area contributed by atoms with Crippen LogP contribution in [-0.4, -0.2) is 5.91 Å². The van der Waals surface area contributed by atoms with Gasteiger partial charge in [-0.15, -0.1) is 0 Å². The summed E-state index contributed by atoms with van der Waals surface area (Å²) in [5.74, 6) is 0.118. The van der Waals surface area contributed by atoms with Gasteiger partial charge in [-0.1, -0.05) is 15.9 Å². The van der Waals surface area contributed by atoms with E-state index in [-0.39, 0.29) is 5.91 Å². The molecule has 4 heteroatoms. The van der Waals surface area contributed by atoms with Gasteiger partial charge in [0.2, 0.25) is 0 Å². The average Bonchev–Trinajstić information content (AvgIpc) is 2.62. The quantitative estimate of drug-likeness (QED) is 0.912. The zero-order valence-electron chi connectivity index (χ0n) is 9.58. The van der Waals surface area contributed by atoms with E-state index in [0.29, 0.717) is 5.76 Å². The summed E-state index contributed by atoms with van der Waals surface area (Å²) >= 11 is 3.39. The van der Waals surface area contributed by atoms with Crippen LogP contribution < -0.4 is 5.32 Å². The highest BCUT2D eigenvalue weighted by Crippen LogP contribution is 2.20. The molecule has 0 spiro atoms. The van der Waals surface area contributed by atoms with Gasteiger partial charge in [0.15, 0.2) is 5.76 Å². The van der Waals surface area contributed by atoms with Gasteiger partial charge in [-0.2, -0.15) is 0 Å². The number of furan rings is 1. The van der Waals surface area contributed by atoms with Gasteiger partial charge in [-0.05, 0) is 43.7 Å². The normalized spacial score (nSPS) is 10.3. The number of carbonyl (C=O) groups is 1. The van der Waals surface area contributed by atoms with Crippen LogP contribution in [0.1, 0.15) is 21.7 Å². The lowest BCUT2D eigenvalue weighted by molar-refractivity contribution is 0.0996. The number of nitrogens with one attached hydrogen (secondary N) is 1. The molecule has 0 radical (unpaired) electrons. The molecule has 3 nitrogen and oxygen atoms in total. The predicted molar refractivity (Wildman–Crippen MR) is 70.3 cm³/mol. The predicted octanol–water partition coefficient (Wildman–Crippen LogP) is 3.91. The van der Waals surface area contributed by atoms with Gasteiger partial charge in [0, 0.05) is 15.7 Å². The second-order valence-corrected chi connectivity index (χ2v) is 4.82. The minimum Gasteiger partial charge on any atom is -0.459 e. The summed E-state index contributed by atoms with van der Waals surface area (Å²) in [6.45, 7) is 3.81. The van der Waals surface area contributed by atoms with Crippen molar-refractivity contribution >= 4 is 27.5 Å². The fraction of sp³-hybridized carbons (Fsp3) is 0.154. The van der Waals surface area contributed by atoms with E-state index in [1.807, 2.05) is 32.0 Å². The molecular formula is C13H12BrNO2. The first-order valence-electron chi connectivity index (χ1n) is 5.19. The Morgan fingerprint density at radius 3 is 2.65 bits per heavy atom. The number of anilines is 1. The van der Waals surface area contributed by atoms with Gasteiger partial charge in [-0.3, -0.25) is 4.79 Å². The largest absolute Gasteiger partial charge is 0.459 e. The van der Waals surface area contributed by atoms with Gasteiger partial charge in [0.25, 0.3) is 5.91 Å². The molecule has 0 saturated carbocycles. The smallest absolute Gasteiger partial charge is 0.291 e. The van der Waals surface area contributed by atoms with Crippen LogP contribution in [0.2, 0.25) is 0 Å². The van der Waals surface area contributed by atoms with E-state index in [1.54, 1.807) is 6.07 Å². The Balaban J connectivity index is 2.21. The first-order valence-corrected chi connectivity index (χ1v) is 5.98. The third-order valence-electron chi connectivity index (χ3n) is 2.37. The fourth-order valence-corrected chi connectivity index (χ4v) is 2.21. The Morgan fingerprint density at radius 2 is 2.06 bits per heavy atom. The van der Waals surface area contributed by atoms with Gasteiger partial charge < -0.3 is 9.73 Å². The molecule has 2 aromatic rings. The SMILES string of the molecule is Cc1cc(Br)cc(NC(=O)c2occc2C)c1. The first-order chi connectivity index (χ1) is 8.06. The number of benzene rings is 1. The molecule has 1 N–H and O–H groups in total. The number of amides is 1. The van der Waals surface area contributed by atoms with E-state index in [1.165, 1.54) is 6.26 Å². The summed E-state index contributed by atoms with van der Waals surface area (Å²) in [5, 5.41) is 2.80. The third-order valence-corrected chi connectivity index (χ3v) is 2.83. The van der Waals surface area contributed by atoms with Crippen molar-refractivity contribution in [2.45, 2.75) is 13.8 Å². The number of hydrogen-bond acceptors (Lipinski definition) is 2. The topological polar surface area (TPSA) is 42.2 Å². The van der Waals surface area contributed by atoms with E-state index in [4.69, 9.17) is 4.42 Å². The lowest BCUT2D eigenvalue weighted by Crippen LogP contribution is -2.12. The van der Waals surface area contributed by atoms with Crippen molar-refractivity contribution in [3.05, 3.63) is 51.9 Å². The molecule has 0 aliphatic carbocycles. The zero-order valence-corrected chi connectivity index (χ0v) is 11.2. The van der Waals surface area contributed by atoms with Crippen molar-refractivity contribution in [3.63, 3.8) is 0 Å². The second kappa shape index (κ2) is 4.75. The van der Waals surface area contributed by atoms with E-state index in [2.05, 4.69) is 21.2 Å². The number of hydrogen-bond donors (Lipinski definition) is 1. The summed E-state index contributed by atoms with van der Waals surface area (Å²) in [5.41, 5.74) is 2.65. The molecule has 88 valence electrons. The van der Waals surface area contributed by atoms with Crippen molar-refractivity contribution in [2.24, 2.45) is 0 Å². The lowest BCUT2D eigenvalue weighted by atomic mass is 10.2. The van der Waals surface area contributed by atoms with Gasteiger partial charge >= 0.3 is 0 Å². The molecule has 0 aliphatic rings. The molecule has 0 atom stereocenters. The van der Waals surface area contributed by atoms with E-state index < -0.39 is 0 Å². The van der Waals surface area contributed by atoms with Crippen molar-refractivity contribution in [1.29, 1.82) is 0 Å². The van der Waals surface area contributed by atoms with E-state index >= 15 is 0 Å². The monoisotopic (exact) mass is 293 g/mol. The summed E-state index contributed by atoms with van der Waals surface area (Å²) in [7, 11) is 0. The molecule has 1 aromatic carbocycles. The van der Waals surface area contributed by atoms with Crippen LogP contribution in [0.3, 0.4) is 0 Å². The molecule has 0 aliphatic heterocycles. The molecule has 1 amide bonds. The van der Waals surface area contributed by atoms with E-state index in [0.717, 1.165) is 21.3 Å². The molecule has 0 bridgehead atoms. The highest BCUT2D eigenvalue weighted by atomic mass is 79.9. The summed E-state index contributed by atoms with van der Waals surface area (Å²) in [4.78, 5) is 11.9. The lowest BCUT2D eigenvalue weighted by Gasteiger charge is -2.05. The van der Waals surface area contributed by atoms with Crippen LogP contribution in [0.4, 0.5) is 5.69 Å². The van der Waals surface area contributed by atoms with Crippen LogP contribution in [0, 0.1) is 13.8 Å².